The highest BCUT2D eigenvalue weighted by Crippen LogP contribution is 2.60. The molecule has 4 bridgehead atoms. The van der Waals surface area contributed by atoms with Crippen LogP contribution in [0.1, 0.15) is 44.1 Å². The molecule has 4 saturated carbocycles. The predicted molar refractivity (Wildman–Crippen MR) is 123 cm³/mol. The minimum atomic E-state index is -0.781. The first-order valence-corrected chi connectivity index (χ1v) is 11.7. The van der Waals surface area contributed by atoms with Gasteiger partial charge in [0.15, 0.2) is 11.5 Å². The normalized spacial score (nSPS) is 31.0. The summed E-state index contributed by atoms with van der Waals surface area (Å²) in [5.41, 5.74) is -0.0755. The molecule has 34 heavy (non-hydrogen) atoms. The van der Waals surface area contributed by atoms with Crippen LogP contribution in [0.25, 0.3) is 6.08 Å². The zero-order valence-corrected chi connectivity index (χ0v) is 19.2. The molecule has 1 aromatic carbocycles. The lowest BCUT2D eigenvalue weighted by Crippen LogP contribution is -2.54. The molecule has 0 spiro atoms. The van der Waals surface area contributed by atoms with Crippen LogP contribution in [0.2, 0.25) is 0 Å². The molecule has 6 rings (SSSR count). The molecule has 8 heteroatoms. The van der Waals surface area contributed by atoms with Gasteiger partial charge in [0.25, 0.3) is 11.8 Å². The van der Waals surface area contributed by atoms with Gasteiger partial charge >= 0.3 is 12.0 Å². The van der Waals surface area contributed by atoms with Crippen molar-refractivity contribution in [1.29, 1.82) is 0 Å². The molecule has 1 heterocycles. The van der Waals surface area contributed by atoms with E-state index in [-0.39, 0.29) is 18.1 Å². The number of amides is 4. The zero-order chi connectivity index (χ0) is 24.0. The summed E-state index contributed by atoms with van der Waals surface area (Å²) >= 11 is 0. The number of hydrogen-bond acceptors (Lipinski definition) is 6. The van der Waals surface area contributed by atoms with Crippen molar-refractivity contribution in [1.82, 2.24) is 10.2 Å². The third-order valence-electron chi connectivity index (χ3n) is 7.67. The molecule has 0 aromatic heterocycles. The number of nitrogens with zero attached hydrogens (tertiary/aromatic N) is 1. The first kappa shape index (κ1) is 22.4. The van der Waals surface area contributed by atoms with Gasteiger partial charge in [-0.3, -0.25) is 24.6 Å². The molecule has 1 N–H and O–H groups in total. The highest BCUT2D eigenvalue weighted by molar-refractivity contribution is 6.31. The molecule has 4 aliphatic carbocycles. The van der Waals surface area contributed by atoms with Crippen LogP contribution in [0.5, 0.6) is 11.5 Å². The molecule has 0 atom stereocenters. The van der Waals surface area contributed by atoms with Gasteiger partial charge in [-0.25, -0.2) is 4.79 Å². The average molecular weight is 465 g/mol. The smallest absolute Gasteiger partial charge is 0.331 e. The molecule has 0 unspecified atom stereocenters. The average Bonchev–Trinajstić information content (AvgIpc) is 2.79. The number of imide groups is 2. The van der Waals surface area contributed by atoms with E-state index in [9.17, 15) is 19.2 Å². The fourth-order valence-electron chi connectivity index (χ4n) is 6.58. The van der Waals surface area contributed by atoms with Crippen molar-refractivity contribution in [2.24, 2.45) is 23.2 Å². The monoisotopic (exact) mass is 464 g/mol. The summed E-state index contributed by atoms with van der Waals surface area (Å²) in [6.07, 6.45) is 9.21. The lowest BCUT2D eigenvalue weighted by molar-refractivity contribution is -0.161. The van der Waals surface area contributed by atoms with E-state index >= 15 is 0 Å². The molecule has 1 aromatic rings. The number of carbonyl (C=O) groups is 4. The van der Waals surface area contributed by atoms with E-state index in [1.807, 2.05) is 0 Å². The maximum atomic E-state index is 13.3. The Bertz CT molecular complexity index is 1090. The Balaban J connectivity index is 1.37. The number of esters is 1. The second kappa shape index (κ2) is 8.42. The van der Waals surface area contributed by atoms with E-state index in [0.29, 0.717) is 34.8 Å². The van der Waals surface area contributed by atoms with Crippen molar-refractivity contribution in [3.63, 3.8) is 0 Å². The van der Waals surface area contributed by atoms with Crippen molar-refractivity contribution in [2.75, 3.05) is 13.7 Å². The Morgan fingerprint density at radius 2 is 1.76 bits per heavy atom. The SMILES string of the molecule is C=CCN1C(=O)NC(=O)/C(=C\c2ccc(OC(=O)C34CC5CC(CC(C5)C3)C4)c(OC)c2)C1=O. The fraction of sp³-hybridized carbons (Fsp3) is 0.462. The van der Waals surface area contributed by atoms with E-state index in [4.69, 9.17) is 9.47 Å². The number of methoxy groups -OCH3 is 1. The summed E-state index contributed by atoms with van der Waals surface area (Å²) in [6, 6.07) is 4.08. The van der Waals surface area contributed by atoms with Crippen LogP contribution in [0.3, 0.4) is 0 Å². The number of rotatable bonds is 6. The maximum Gasteiger partial charge on any atom is 0.331 e. The highest BCUT2D eigenvalue weighted by Gasteiger charge is 2.55. The van der Waals surface area contributed by atoms with Gasteiger partial charge in [-0.05, 0) is 80.1 Å². The zero-order valence-electron chi connectivity index (χ0n) is 19.2. The standard InChI is InChI=1S/C26H28N2O6/c1-3-6-28-23(30)19(22(29)27-25(28)32)10-15-4-5-20(21(11-15)33-2)34-24(31)26-12-16-7-17(13-26)9-18(8-16)14-26/h3-5,10-11,16-18H,1,6-9,12-14H2,2H3,(H,27,29,32)/b19-10+. The number of ether oxygens (including phenoxy) is 2. The molecule has 8 nitrogen and oxygen atoms in total. The summed E-state index contributed by atoms with van der Waals surface area (Å²) in [5, 5.41) is 2.15. The number of hydrogen-bond donors (Lipinski definition) is 1. The number of barbiturate groups is 1. The van der Waals surface area contributed by atoms with E-state index in [1.165, 1.54) is 38.5 Å². The maximum absolute atomic E-state index is 13.3. The summed E-state index contributed by atoms with van der Waals surface area (Å²) < 4.78 is 11.3. The van der Waals surface area contributed by atoms with Crippen LogP contribution in [0.15, 0.2) is 36.4 Å². The van der Waals surface area contributed by atoms with Crippen LogP contribution in [-0.2, 0) is 14.4 Å². The lowest BCUT2D eigenvalue weighted by Gasteiger charge is -2.55. The second-order valence-electron chi connectivity index (χ2n) is 10.0. The van der Waals surface area contributed by atoms with Gasteiger partial charge in [0.2, 0.25) is 0 Å². The Kier molecular flexibility index (Phi) is 5.54. The molecule has 1 saturated heterocycles. The third-order valence-corrected chi connectivity index (χ3v) is 7.67. The first-order valence-electron chi connectivity index (χ1n) is 11.7. The van der Waals surface area contributed by atoms with Crippen molar-refractivity contribution >= 4 is 29.9 Å². The van der Waals surface area contributed by atoms with Crippen molar-refractivity contribution in [3.05, 3.63) is 42.0 Å². The van der Waals surface area contributed by atoms with Crippen molar-refractivity contribution in [2.45, 2.75) is 38.5 Å². The molecule has 5 aliphatic rings. The van der Waals surface area contributed by atoms with Crippen LogP contribution >= 0.6 is 0 Å². The van der Waals surface area contributed by atoms with E-state index in [0.717, 1.165) is 24.2 Å². The molecule has 5 fully saturated rings. The Labute approximate surface area is 198 Å². The van der Waals surface area contributed by atoms with Gasteiger partial charge < -0.3 is 9.47 Å². The molecular formula is C26H28N2O6. The summed E-state index contributed by atoms with van der Waals surface area (Å²) in [4.78, 5) is 51.0. The number of carbonyl (C=O) groups excluding carboxylic acids is 4. The van der Waals surface area contributed by atoms with E-state index < -0.39 is 23.3 Å². The minimum absolute atomic E-state index is 0.0161. The van der Waals surface area contributed by atoms with Gasteiger partial charge in [-0.1, -0.05) is 12.1 Å². The Morgan fingerprint density at radius 3 is 2.35 bits per heavy atom. The molecular weight excluding hydrogens is 436 g/mol. The van der Waals surface area contributed by atoms with Crippen LogP contribution < -0.4 is 14.8 Å². The van der Waals surface area contributed by atoms with Gasteiger partial charge in [-0.15, -0.1) is 6.58 Å². The molecule has 1 aliphatic heterocycles. The van der Waals surface area contributed by atoms with Crippen molar-refractivity contribution < 1.29 is 28.7 Å². The largest absolute Gasteiger partial charge is 0.493 e. The van der Waals surface area contributed by atoms with Gasteiger partial charge in [-0.2, -0.15) is 0 Å². The van der Waals surface area contributed by atoms with Gasteiger partial charge in [0, 0.05) is 6.54 Å². The number of benzene rings is 1. The van der Waals surface area contributed by atoms with Crippen LogP contribution in [0, 0.1) is 23.2 Å². The Hall–Kier alpha value is -3.42. The third kappa shape index (κ3) is 3.81. The number of urea groups is 1. The lowest BCUT2D eigenvalue weighted by atomic mass is 9.49. The fourth-order valence-corrected chi connectivity index (χ4v) is 6.58. The van der Waals surface area contributed by atoms with E-state index in [2.05, 4.69) is 11.9 Å². The van der Waals surface area contributed by atoms with E-state index in [1.54, 1.807) is 18.2 Å². The molecule has 178 valence electrons. The second-order valence-corrected chi connectivity index (χ2v) is 10.0. The van der Waals surface area contributed by atoms with Crippen LogP contribution in [0.4, 0.5) is 4.79 Å². The van der Waals surface area contributed by atoms with Gasteiger partial charge in [0.05, 0.1) is 12.5 Å². The quantitative estimate of drug-likeness (QED) is 0.227. The summed E-state index contributed by atoms with van der Waals surface area (Å²) in [6.45, 7) is 3.51. The summed E-state index contributed by atoms with van der Waals surface area (Å²) in [7, 11) is 1.47. The highest BCUT2D eigenvalue weighted by atomic mass is 16.6. The first-order chi connectivity index (χ1) is 16.3. The Morgan fingerprint density at radius 1 is 1.12 bits per heavy atom. The van der Waals surface area contributed by atoms with Gasteiger partial charge in [0.1, 0.15) is 5.57 Å². The molecule has 4 amide bonds. The van der Waals surface area contributed by atoms with Crippen LogP contribution in [-0.4, -0.2) is 42.4 Å². The molecule has 0 radical (unpaired) electrons. The van der Waals surface area contributed by atoms with Crippen molar-refractivity contribution in [3.8, 4) is 11.5 Å². The predicted octanol–water partition coefficient (Wildman–Crippen LogP) is 3.46. The number of nitrogens with one attached hydrogen (secondary N) is 1. The summed E-state index contributed by atoms with van der Waals surface area (Å²) in [5.74, 6) is 0.862. The minimum Gasteiger partial charge on any atom is -0.493 e. The topological polar surface area (TPSA) is 102 Å².